The Morgan fingerprint density at radius 3 is 1.88 bits per heavy atom. The molecule has 98 valence electrons. The lowest BCUT2D eigenvalue weighted by Gasteiger charge is -2.10. The molecule has 0 rings (SSSR count). The number of hydrogen-bond acceptors (Lipinski definition) is 3. The number of ether oxygens (including phenoxy) is 1. The summed E-state index contributed by atoms with van der Waals surface area (Å²) in [6.45, 7) is 6.05. The minimum absolute atomic E-state index is 0.204. The number of carboxylic acid groups (broad SMARTS) is 1. The van der Waals surface area contributed by atoms with E-state index in [4.69, 9.17) is 9.84 Å². The average molecular weight is 242 g/mol. The second-order valence-electron chi connectivity index (χ2n) is 3.90. The molecule has 4 nitrogen and oxygen atoms in total. The molecule has 0 amide bonds. The van der Waals surface area contributed by atoms with Crippen LogP contribution in [0.3, 0.4) is 0 Å². The average Bonchev–Trinajstić information content (AvgIpc) is 2.30. The highest BCUT2D eigenvalue weighted by atomic mass is 16.5. The molecule has 0 saturated heterocycles. The summed E-state index contributed by atoms with van der Waals surface area (Å²) < 4.78 is 5.02. The van der Waals surface area contributed by atoms with E-state index in [0.717, 1.165) is 12.8 Å². The summed E-state index contributed by atoms with van der Waals surface area (Å²) in [7, 11) is 0. The van der Waals surface area contributed by atoms with Gasteiger partial charge in [-0.1, -0.05) is 33.6 Å². The van der Waals surface area contributed by atoms with Crippen LogP contribution in [0.5, 0.6) is 0 Å². The number of carbonyl (C=O) groups excluding carboxylic acids is 1. The first-order chi connectivity index (χ1) is 8.08. The van der Waals surface area contributed by atoms with E-state index >= 15 is 0 Å². The molecule has 0 aliphatic rings. The number of esters is 1. The summed E-state index contributed by atoms with van der Waals surface area (Å²) in [5, 5.41) is 9.11. The Bertz CT molecular complexity index is 292. The lowest BCUT2D eigenvalue weighted by molar-refractivity contribution is -0.140. The summed E-state index contributed by atoms with van der Waals surface area (Å²) in [6.07, 6.45) is 3.05. The van der Waals surface area contributed by atoms with Crippen LogP contribution in [0.4, 0.5) is 0 Å². The first kappa shape index (κ1) is 15.7. The second-order valence-corrected chi connectivity index (χ2v) is 3.90. The fraction of sp³-hybridized carbons (Fsp3) is 0.692. The van der Waals surface area contributed by atoms with Gasteiger partial charge in [0.1, 0.15) is 0 Å². The number of aliphatic carboxylic acids is 1. The van der Waals surface area contributed by atoms with Gasteiger partial charge < -0.3 is 9.84 Å². The van der Waals surface area contributed by atoms with Gasteiger partial charge in [-0.05, 0) is 19.3 Å². The Hall–Kier alpha value is -1.32. The van der Waals surface area contributed by atoms with Crippen molar-refractivity contribution >= 4 is 11.9 Å². The van der Waals surface area contributed by atoms with Crippen molar-refractivity contribution in [3.8, 4) is 0 Å². The Labute approximate surface area is 103 Å². The zero-order valence-corrected chi connectivity index (χ0v) is 10.9. The lowest BCUT2D eigenvalue weighted by atomic mass is 10.00. The van der Waals surface area contributed by atoms with E-state index in [1.807, 2.05) is 20.8 Å². The van der Waals surface area contributed by atoms with Gasteiger partial charge in [-0.25, -0.2) is 9.59 Å². The number of rotatable bonds is 8. The van der Waals surface area contributed by atoms with E-state index in [-0.39, 0.29) is 5.57 Å². The first-order valence-electron chi connectivity index (χ1n) is 6.20. The van der Waals surface area contributed by atoms with E-state index in [1.54, 1.807) is 0 Å². The predicted molar refractivity (Wildman–Crippen MR) is 65.7 cm³/mol. The lowest BCUT2D eigenvalue weighted by Crippen LogP contribution is -2.15. The zero-order valence-electron chi connectivity index (χ0n) is 10.9. The van der Waals surface area contributed by atoms with Crippen molar-refractivity contribution in [2.45, 2.75) is 52.9 Å². The van der Waals surface area contributed by atoms with E-state index in [2.05, 4.69) is 0 Å². The summed E-state index contributed by atoms with van der Waals surface area (Å²) in [5.74, 6) is -1.48. The molecule has 0 aliphatic carbocycles. The van der Waals surface area contributed by atoms with E-state index < -0.39 is 11.9 Å². The molecule has 0 aliphatic heterocycles. The van der Waals surface area contributed by atoms with Gasteiger partial charge in [0, 0.05) is 11.1 Å². The Morgan fingerprint density at radius 2 is 1.47 bits per heavy atom. The van der Waals surface area contributed by atoms with Crippen LogP contribution in [0.15, 0.2) is 11.1 Å². The molecule has 0 aromatic rings. The van der Waals surface area contributed by atoms with Crippen LogP contribution < -0.4 is 0 Å². The Balaban J connectivity index is 5.04. The number of hydrogen-bond donors (Lipinski definition) is 1. The standard InChI is InChI=1S/C13H22O4/c1-4-7-10(12(14)15)11(8-5-2)13(16)17-9-6-3/h4-9H2,1-3H3,(H,14,15). The second kappa shape index (κ2) is 8.79. The molecule has 0 bridgehead atoms. The normalized spacial score (nSPS) is 11.9. The van der Waals surface area contributed by atoms with Crippen molar-refractivity contribution in [2.24, 2.45) is 0 Å². The molecule has 4 heteroatoms. The molecule has 0 aromatic carbocycles. The molecule has 0 fully saturated rings. The quantitative estimate of drug-likeness (QED) is 0.525. The highest BCUT2D eigenvalue weighted by Crippen LogP contribution is 2.18. The van der Waals surface area contributed by atoms with Gasteiger partial charge in [-0.2, -0.15) is 0 Å². The highest BCUT2D eigenvalue weighted by molar-refractivity contribution is 5.99. The van der Waals surface area contributed by atoms with Gasteiger partial charge in [0.15, 0.2) is 0 Å². The summed E-state index contributed by atoms with van der Waals surface area (Å²) in [6, 6.07) is 0. The molecule has 0 aromatic heterocycles. The summed E-state index contributed by atoms with van der Waals surface area (Å²) in [4.78, 5) is 22.9. The maximum Gasteiger partial charge on any atom is 0.334 e. The van der Waals surface area contributed by atoms with E-state index in [0.29, 0.717) is 31.4 Å². The molecule has 0 heterocycles. The Morgan fingerprint density at radius 1 is 0.941 bits per heavy atom. The maximum absolute atomic E-state index is 11.8. The third kappa shape index (κ3) is 5.52. The highest BCUT2D eigenvalue weighted by Gasteiger charge is 2.20. The smallest absolute Gasteiger partial charge is 0.334 e. The monoisotopic (exact) mass is 242 g/mol. The van der Waals surface area contributed by atoms with Crippen LogP contribution in [0.25, 0.3) is 0 Å². The van der Waals surface area contributed by atoms with Gasteiger partial charge in [-0.3, -0.25) is 0 Å². The van der Waals surface area contributed by atoms with Gasteiger partial charge in [0.25, 0.3) is 0 Å². The molecular weight excluding hydrogens is 220 g/mol. The van der Waals surface area contributed by atoms with Crippen molar-refractivity contribution in [1.82, 2.24) is 0 Å². The van der Waals surface area contributed by atoms with Crippen LogP contribution in [0.2, 0.25) is 0 Å². The molecule has 0 atom stereocenters. The minimum Gasteiger partial charge on any atom is -0.478 e. The van der Waals surface area contributed by atoms with Crippen LogP contribution in [0.1, 0.15) is 52.9 Å². The third-order valence-electron chi connectivity index (χ3n) is 2.31. The van der Waals surface area contributed by atoms with Crippen LogP contribution in [0, 0.1) is 0 Å². The van der Waals surface area contributed by atoms with Crippen molar-refractivity contribution in [3.05, 3.63) is 11.1 Å². The van der Waals surface area contributed by atoms with E-state index in [9.17, 15) is 9.59 Å². The van der Waals surface area contributed by atoms with Gasteiger partial charge in [0.05, 0.1) is 6.61 Å². The van der Waals surface area contributed by atoms with Gasteiger partial charge >= 0.3 is 11.9 Å². The fourth-order valence-corrected chi connectivity index (χ4v) is 1.54. The fourth-order valence-electron chi connectivity index (χ4n) is 1.54. The number of carboxylic acids is 1. The SMILES string of the molecule is CCCOC(=O)C(CCC)=C(CCC)C(=O)O. The van der Waals surface area contributed by atoms with Crippen LogP contribution in [-0.2, 0) is 14.3 Å². The molecule has 0 unspecified atom stereocenters. The molecule has 0 radical (unpaired) electrons. The van der Waals surface area contributed by atoms with Crippen molar-refractivity contribution in [3.63, 3.8) is 0 Å². The summed E-state index contributed by atoms with van der Waals surface area (Å²) >= 11 is 0. The van der Waals surface area contributed by atoms with Crippen molar-refractivity contribution in [1.29, 1.82) is 0 Å². The molecular formula is C13H22O4. The zero-order chi connectivity index (χ0) is 13.3. The van der Waals surface area contributed by atoms with E-state index in [1.165, 1.54) is 0 Å². The molecule has 0 spiro atoms. The van der Waals surface area contributed by atoms with Crippen LogP contribution >= 0.6 is 0 Å². The molecule has 0 saturated carbocycles. The van der Waals surface area contributed by atoms with Crippen molar-refractivity contribution < 1.29 is 19.4 Å². The first-order valence-corrected chi connectivity index (χ1v) is 6.20. The third-order valence-corrected chi connectivity index (χ3v) is 2.31. The van der Waals surface area contributed by atoms with Crippen LogP contribution in [-0.4, -0.2) is 23.7 Å². The molecule has 1 N–H and O–H groups in total. The Kier molecular flexibility index (Phi) is 8.11. The topological polar surface area (TPSA) is 63.6 Å². The van der Waals surface area contributed by atoms with Gasteiger partial charge in [0.2, 0.25) is 0 Å². The predicted octanol–water partition coefficient (Wildman–Crippen LogP) is 2.92. The maximum atomic E-state index is 11.8. The molecule has 17 heavy (non-hydrogen) atoms. The number of carbonyl (C=O) groups is 2. The largest absolute Gasteiger partial charge is 0.478 e. The van der Waals surface area contributed by atoms with Crippen molar-refractivity contribution in [2.75, 3.05) is 6.61 Å². The summed E-state index contributed by atoms with van der Waals surface area (Å²) in [5.41, 5.74) is 0.533. The minimum atomic E-state index is -1.01. The van der Waals surface area contributed by atoms with Gasteiger partial charge in [-0.15, -0.1) is 0 Å².